The molecule has 0 saturated heterocycles. The number of H-pyrrole nitrogens is 2. The van der Waals surface area contributed by atoms with Crippen LogP contribution in [0.2, 0.25) is 0 Å². The molecule has 0 aliphatic carbocycles. The summed E-state index contributed by atoms with van der Waals surface area (Å²) in [4.78, 5) is 7.62. The second kappa shape index (κ2) is 5.46. The molecule has 0 spiro atoms. The van der Waals surface area contributed by atoms with Crippen molar-refractivity contribution in [2.45, 2.75) is 13.8 Å². The Hall–Kier alpha value is -3.66. The minimum absolute atomic E-state index is 0.196. The zero-order valence-corrected chi connectivity index (χ0v) is 13.6. The highest BCUT2D eigenvalue weighted by molar-refractivity contribution is 5.94. The fraction of sp³-hybridized carbons (Fsp3) is 0.111. The summed E-state index contributed by atoms with van der Waals surface area (Å²) in [7, 11) is 0. The summed E-state index contributed by atoms with van der Waals surface area (Å²) in [6, 6.07) is 7.62. The number of phenols is 1. The second-order valence-electron chi connectivity index (χ2n) is 5.86. The lowest BCUT2D eigenvalue weighted by Gasteiger charge is -2.13. The molecule has 0 fully saturated rings. The van der Waals surface area contributed by atoms with Crippen molar-refractivity contribution in [1.29, 1.82) is 5.26 Å². The van der Waals surface area contributed by atoms with Gasteiger partial charge in [0.05, 0.1) is 17.5 Å². The predicted molar refractivity (Wildman–Crippen MR) is 92.8 cm³/mol. The molecule has 0 atom stereocenters. The van der Waals surface area contributed by atoms with Gasteiger partial charge in [-0.25, -0.2) is 4.98 Å². The topological polar surface area (TPSA) is 114 Å². The van der Waals surface area contributed by atoms with Crippen LogP contribution in [0.25, 0.3) is 33.5 Å². The Morgan fingerprint density at radius 2 is 2.04 bits per heavy atom. The molecule has 7 nitrogen and oxygen atoms in total. The van der Waals surface area contributed by atoms with E-state index in [4.69, 9.17) is 0 Å². The molecule has 0 unspecified atom stereocenters. The van der Waals surface area contributed by atoms with Gasteiger partial charge in [0, 0.05) is 17.1 Å². The number of nitrogens with one attached hydrogen (secondary N) is 2. The highest BCUT2D eigenvalue weighted by Gasteiger charge is 2.18. The number of fused-ring (bicyclic) bond motifs is 1. The summed E-state index contributed by atoms with van der Waals surface area (Å²) in [5, 5.41) is 31.0. The van der Waals surface area contributed by atoms with E-state index >= 15 is 0 Å². The van der Waals surface area contributed by atoms with Crippen LogP contribution in [0.5, 0.6) is 5.75 Å². The van der Waals surface area contributed by atoms with Gasteiger partial charge >= 0.3 is 0 Å². The predicted octanol–water partition coefficient (Wildman–Crippen LogP) is 3.21. The Kier molecular flexibility index (Phi) is 3.25. The van der Waals surface area contributed by atoms with Crippen LogP contribution in [0.1, 0.15) is 16.7 Å². The van der Waals surface area contributed by atoms with Gasteiger partial charge in [0.15, 0.2) is 0 Å². The monoisotopic (exact) mass is 330 g/mol. The van der Waals surface area contributed by atoms with E-state index in [1.165, 1.54) is 0 Å². The van der Waals surface area contributed by atoms with Crippen molar-refractivity contribution in [3.8, 4) is 34.3 Å². The van der Waals surface area contributed by atoms with Crippen LogP contribution in [-0.2, 0) is 0 Å². The Bertz CT molecular complexity index is 1130. The standard InChI is InChI=1S/C18H14N6O/c1-9-3-4-16(25)10(2)17(9)13-7-20-18-11(12(13)6-19)5-14(22-18)15-8-21-24-23-15/h3-5,7-8,25H,1-2H3,(H,20,22)(H,21,23,24). The van der Waals surface area contributed by atoms with Crippen LogP contribution in [-0.4, -0.2) is 30.5 Å². The van der Waals surface area contributed by atoms with Crippen LogP contribution in [0.3, 0.4) is 0 Å². The molecular weight excluding hydrogens is 316 g/mol. The Balaban J connectivity index is 2.01. The van der Waals surface area contributed by atoms with Crippen molar-refractivity contribution in [2.75, 3.05) is 0 Å². The number of aromatic hydroxyl groups is 1. The number of nitriles is 1. The van der Waals surface area contributed by atoms with Crippen LogP contribution in [0, 0.1) is 25.2 Å². The summed E-state index contributed by atoms with van der Waals surface area (Å²) in [5.41, 5.74) is 5.72. The molecule has 3 heterocycles. The van der Waals surface area contributed by atoms with E-state index in [1.807, 2.05) is 26.0 Å². The number of benzene rings is 1. The number of phenolic OH excluding ortho intramolecular Hbond substituents is 1. The number of hydrogen-bond donors (Lipinski definition) is 3. The fourth-order valence-electron chi connectivity index (χ4n) is 3.10. The molecule has 25 heavy (non-hydrogen) atoms. The van der Waals surface area contributed by atoms with Crippen LogP contribution in [0.15, 0.2) is 30.6 Å². The van der Waals surface area contributed by atoms with Gasteiger partial charge in [0.2, 0.25) is 0 Å². The average Bonchev–Trinajstić information content (AvgIpc) is 3.27. The third kappa shape index (κ3) is 2.23. The summed E-state index contributed by atoms with van der Waals surface area (Å²) in [6.07, 6.45) is 3.26. The first kappa shape index (κ1) is 14.9. The van der Waals surface area contributed by atoms with E-state index in [2.05, 4.69) is 31.4 Å². The molecule has 122 valence electrons. The summed E-state index contributed by atoms with van der Waals surface area (Å²) < 4.78 is 0. The molecule has 0 saturated carbocycles. The summed E-state index contributed by atoms with van der Waals surface area (Å²) in [5.74, 6) is 0.196. The molecule has 7 heteroatoms. The molecular formula is C18H14N6O. The van der Waals surface area contributed by atoms with Gasteiger partial charge in [0.25, 0.3) is 0 Å². The maximum atomic E-state index is 10.1. The molecule has 0 aliphatic rings. The number of nitrogens with zero attached hydrogens (tertiary/aromatic N) is 4. The Labute approximate surface area is 143 Å². The quantitative estimate of drug-likeness (QED) is 0.522. The van der Waals surface area contributed by atoms with Gasteiger partial charge in [-0.05, 0) is 42.7 Å². The normalized spacial score (nSPS) is 10.9. The van der Waals surface area contributed by atoms with Crippen LogP contribution in [0.4, 0.5) is 0 Å². The van der Waals surface area contributed by atoms with E-state index in [-0.39, 0.29) is 5.75 Å². The van der Waals surface area contributed by atoms with Gasteiger partial charge < -0.3 is 10.1 Å². The molecule has 4 rings (SSSR count). The maximum Gasteiger partial charge on any atom is 0.139 e. The number of rotatable bonds is 2. The highest BCUT2D eigenvalue weighted by atomic mass is 16.3. The van der Waals surface area contributed by atoms with Crippen molar-refractivity contribution < 1.29 is 5.11 Å². The molecule has 0 radical (unpaired) electrons. The first-order valence-corrected chi connectivity index (χ1v) is 7.67. The number of aromatic nitrogens is 5. The van der Waals surface area contributed by atoms with Crippen molar-refractivity contribution in [2.24, 2.45) is 0 Å². The van der Waals surface area contributed by atoms with E-state index in [9.17, 15) is 10.4 Å². The number of aromatic amines is 2. The molecule has 3 aromatic heterocycles. The molecule has 1 aromatic carbocycles. The van der Waals surface area contributed by atoms with Gasteiger partial charge in [-0.1, -0.05) is 6.07 Å². The van der Waals surface area contributed by atoms with E-state index in [0.717, 1.165) is 22.4 Å². The minimum Gasteiger partial charge on any atom is -0.508 e. The molecule has 3 N–H and O–H groups in total. The van der Waals surface area contributed by atoms with Crippen molar-refractivity contribution in [3.05, 3.63) is 47.3 Å². The Morgan fingerprint density at radius 1 is 1.20 bits per heavy atom. The SMILES string of the molecule is Cc1ccc(O)c(C)c1-c1cnc2[nH]c(-c3cn[nH]n3)cc2c1C#N. The molecule has 4 aromatic rings. The smallest absolute Gasteiger partial charge is 0.139 e. The van der Waals surface area contributed by atoms with Crippen molar-refractivity contribution in [3.63, 3.8) is 0 Å². The van der Waals surface area contributed by atoms with Crippen LogP contribution >= 0.6 is 0 Å². The number of hydrogen-bond acceptors (Lipinski definition) is 5. The third-order valence-corrected chi connectivity index (χ3v) is 4.38. The molecule has 0 amide bonds. The van der Waals surface area contributed by atoms with Gasteiger partial charge in [-0.2, -0.15) is 20.7 Å². The average molecular weight is 330 g/mol. The van der Waals surface area contributed by atoms with Gasteiger partial charge in [0.1, 0.15) is 23.2 Å². The van der Waals surface area contributed by atoms with E-state index in [0.29, 0.717) is 27.9 Å². The lowest BCUT2D eigenvalue weighted by molar-refractivity contribution is 0.471. The van der Waals surface area contributed by atoms with Crippen LogP contribution < -0.4 is 0 Å². The first-order valence-electron chi connectivity index (χ1n) is 7.67. The second-order valence-corrected chi connectivity index (χ2v) is 5.86. The van der Waals surface area contributed by atoms with Crippen molar-refractivity contribution in [1.82, 2.24) is 25.4 Å². The molecule has 0 aliphatic heterocycles. The van der Waals surface area contributed by atoms with Gasteiger partial charge in [-0.3, -0.25) is 0 Å². The zero-order valence-electron chi connectivity index (χ0n) is 13.6. The van der Waals surface area contributed by atoms with Gasteiger partial charge in [-0.15, -0.1) is 0 Å². The lowest BCUT2D eigenvalue weighted by atomic mass is 9.92. The lowest BCUT2D eigenvalue weighted by Crippen LogP contribution is -1.94. The maximum absolute atomic E-state index is 10.1. The summed E-state index contributed by atoms with van der Waals surface area (Å²) >= 11 is 0. The third-order valence-electron chi connectivity index (χ3n) is 4.38. The highest BCUT2D eigenvalue weighted by Crippen LogP contribution is 2.37. The molecule has 0 bridgehead atoms. The largest absolute Gasteiger partial charge is 0.508 e. The fourth-order valence-corrected chi connectivity index (χ4v) is 3.10. The minimum atomic E-state index is 0.196. The number of pyridine rings is 1. The van der Waals surface area contributed by atoms with Crippen molar-refractivity contribution >= 4 is 11.0 Å². The van der Waals surface area contributed by atoms with E-state index < -0.39 is 0 Å². The van der Waals surface area contributed by atoms with E-state index in [1.54, 1.807) is 18.5 Å². The Morgan fingerprint density at radius 3 is 2.76 bits per heavy atom. The summed E-state index contributed by atoms with van der Waals surface area (Å²) in [6.45, 7) is 3.78. The zero-order chi connectivity index (χ0) is 17.6. The number of aryl methyl sites for hydroxylation is 1. The first-order chi connectivity index (χ1) is 12.1.